The Kier molecular flexibility index (Phi) is 12.2. The molecule has 0 aromatic heterocycles. The number of nitro benzene ring substituents is 1. The molecule has 2 amide bonds. The topological polar surface area (TPSA) is 139 Å². The first-order chi connectivity index (χ1) is 21.2. The van der Waals surface area contributed by atoms with Crippen LogP contribution in [0.4, 0.5) is 11.4 Å². The second-order valence-corrected chi connectivity index (χ2v) is 13.5. The van der Waals surface area contributed by atoms with Crippen molar-refractivity contribution in [2.24, 2.45) is 5.92 Å². The number of halogens is 2. The van der Waals surface area contributed by atoms with Crippen LogP contribution in [0.1, 0.15) is 38.3 Å². The maximum Gasteiger partial charge on any atom is 0.273 e. The van der Waals surface area contributed by atoms with Gasteiger partial charge >= 0.3 is 0 Å². The highest BCUT2D eigenvalue weighted by molar-refractivity contribution is 7.92. The lowest BCUT2D eigenvalue weighted by Crippen LogP contribution is -2.52. The van der Waals surface area contributed by atoms with Crippen molar-refractivity contribution >= 4 is 56.4 Å². The molecule has 3 rings (SSSR count). The zero-order valence-corrected chi connectivity index (χ0v) is 27.9. The maximum absolute atomic E-state index is 14.3. The number of ether oxygens (including phenoxy) is 1. The predicted molar refractivity (Wildman–Crippen MR) is 174 cm³/mol. The van der Waals surface area contributed by atoms with Crippen LogP contribution in [0.3, 0.4) is 0 Å². The number of nitro groups is 1. The number of sulfonamides is 1. The summed E-state index contributed by atoms with van der Waals surface area (Å²) in [4.78, 5) is 39.5. The number of nitrogens with one attached hydrogen (secondary N) is 1. The summed E-state index contributed by atoms with van der Waals surface area (Å²) in [6.45, 7) is 6.69. The van der Waals surface area contributed by atoms with Crippen LogP contribution in [0.15, 0.2) is 65.6 Å². The van der Waals surface area contributed by atoms with E-state index in [1.165, 1.54) is 49.3 Å². The van der Waals surface area contributed by atoms with Crippen molar-refractivity contribution in [3.63, 3.8) is 0 Å². The van der Waals surface area contributed by atoms with Gasteiger partial charge in [0.1, 0.15) is 18.3 Å². The van der Waals surface area contributed by atoms with Crippen LogP contribution < -0.4 is 14.4 Å². The minimum atomic E-state index is -4.63. The van der Waals surface area contributed by atoms with Crippen molar-refractivity contribution in [2.45, 2.75) is 51.6 Å². The first kappa shape index (κ1) is 35.6. The van der Waals surface area contributed by atoms with Gasteiger partial charge in [-0.2, -0.15) is 0 Å². The molecule has 3 aromatic carbocycles. The predicted octanol–water partition coefficient (Wildman–Crippen LogP) is 5.99. The maximum atomic E-state index is 14.3. The van der Waals surface area contributed by atoms with E-state index >= 15 is 0 Å². The zero-order chi connectivity index (χ0) is 33.5. The molecule has 45 heavy (non-hydrogen) atoms. The van der Waals surface area contributed by atoms with Crippen LogP contribution >= 0.6 is 23.2 Å². The molecule has 242 valence electrons. The highest BCUT2D eigenvalue weighted by Crippen LogP contribution is 2.36. The monoisotopic (exact) mass is 678 g/mol. The third-order valence-corrected chi connectivity index (χ3v) is 9.23. The summed E-state index contributed by atoms with van der Waals surface area (Å²) < 4.78 is 34.7. The molecule has 0 saturated heterocycles. The zero-order valence-electron chi connectivity index (χ0n) is 25.6. The number of carbonyl (C=O) groups excluding carboxylic acids is 2. The Bertz CT molecular complexity index is 1650. The minimum Gasteiger partial charge on any atom is -0.495 e. The van der Waals surface area contributed by atoms with Gasteiger partial charge in [-0.25, -0.2) is 8.42 Å². The van der Waals surface area contributed by atoms with Crippen molar-refractivity contribution in [3.8, 4) is 5.75 Å². The fraction of sp³-hybridized carbons (Fsp3) is 0.355. The lowest BCUT2D eigenvalue weighted by molar-refractivity contribution is -0.385. The van der Waals surface area contributed by atoms with Crippen molar-refractivity contribution in [1.82, 2.24) is 10.2 Å². The molecule has 1 N–H and O–H groups in total. The molecule has 0 aliphatic heterocycles. The van der Waals surface area contributed by atoms with E-state index in [2.05, 4.69) is 5.32 Å². The number of benzene rings is 3. The number of amides is 2. The largest absolute Gasteiger partial charge is 0.495 e. The summed E-state index contributed by atoms with van der Waals surface area (Å²) in [7, 11) is -3.30. The number of rotatable bonds is 14. The highest BCUT2D eigenvalue weighted by atomic mass is 35.5. The van der Waals surface area contributed by atoms with Gasteiger partial charge in [0.05, 0.1) is 22.6 Å². The van der Waals surface area contributed by atoms with Crippen molar-refractivity contribution in [3.05, 3.63) is 92.0 Å². The van der Waals surface area contributed by atoms with Crippen LogP contribution in [0, 0.1) is 23.0 Å². The van der Waals surface area contributed by atoms with Crippen LogP contribution in [-0.4, -0.2) is 56.3 Å². The van der Waals surface area contributed by atoms with Gasteiger partial charge in [0.15, 0.2) is 0 Å². The summed E-state index contributed by atoms with van der Waals surface area (Å²) in [5.41, 5.74) is 0.448. The van der Waals surface area contributed by atoms with Gasteiger partial charge in [-0.15, -0.1) is 0 Å². The Morgan fingerprint density at radius 1 is 1.02 bits per heavy atom. The summed E-state index contributed by atoms with van der Waals surface area (Å²) >= 11 is 12.3. The molecule has 11 nitrogen and oxygen atoms in total. The Morgan fingerprint density at radius 2 is 1.67 bits per heavy atom. The third-order valence-electron chi connectivity index (χ3n) is 6.99. The third kappa shape index (κ3) is 8.86. The van der Waals surface area contributed by atoms with Gasteiger partial charge in [0.25, 0.3) is 15.7 Å². The van der Waals surface area contributed by atoms with Gasteiger partial charge in [-0.05, 0) is 61.2 Å². The minimum absolute atomic E-state index is 0.0276. The molecule has 0 bridgehead atoms. The molecule has 1 atom stereocenters. The number of anilines is 1. The molecule has 3 aromatic rings. The first-order valence-corrected chi connectivity index (χ1v) is 16.3. The van der Waals surface area contributed by atoms with Gasteiger partial charge < -0.3 is 15.0 Å². The van der Waals surface area contributed by atoms with Gasteiger partial charge in [-0.3, -0.25) is 24.0 Å². The van der Waals surface area contributed by atoms with Crippen molar-refractivity contribution < 1.29 is 27.7 Å². The van der Waals surface area contributed by atoms with Gasteiger partial charge in [-0.1, -0.05) is 62.2 Å². The second kappa shape index (κ2) is 15.4. The van der Waals surface area contributed by atoms with E-state index in [1.54, 1.807) is 31.2 Å². The summed E-state index contributed by atoms with van der Waals surface area (Å²) in [5, 5.41) is 15.2. The second-order valence-electron chi connectivity index (χ2n) is 10.7. The summed E-state index contributed by atoms with van der Waals surface area (Å²) in [5.74, 6) is -0.856. The van der Waals surface area contributed by atoms with Gasteiger partial charge in [0.2, 0.25) is 11.8 Å². The van der Waals surface area contributed by atoms with E-state index in [-0.39, 0.29) is 40.9 Å². The fourth-order valence-corrected chi connectivity index (χ4v) is 6.30. The smallest absolute Gasteiger partial charge is 0.273 e. The summed E-state index contributed by atoms with van der Waals surface area (Å²) in [6.07, 6.45) is 0.237. The summed E-state index contributed by atoms with van der Waals surface area (Å²) in [6, 6.07) is 13.5. The number of hydrogen-bond donors (Lipinski definition) is 1. The number of methoxy groups -OCH3 is 1. The molecule has 0 spiro atoms. The number of aryl methyl sites for hydroxylation is 1. The van der Waals surface area contributed by atoms with E-state index in [0.29, 0.717) is 17.1 Å². The van der Waals surface area contributed by atoms with Crippen molar-refractivity contribution in [1.29, 1.82) is 0 Å². The lowest BCUT2D eigenvalue weighted by Gasteiger charge is -2.33. The molecule has 0 saturated carbocycles. The first-order valence-electron chi connectivity index (χ1n) is 14.1. The number of hydrogen-bond acceptors (Lipinski definition) is 7. The SMILES string of the molecule is CCC(C(=O)NCC(C)C)N(Cc1ccc(Cl)cc1)C(=O)CN(c1cc(Cl)ccc1OC)S(=O)(=O)c1ccc(C)c([N+](=O)[O-])c1. The quantitative estimate of drug-likeness (QED) is 0.163. The van der Waals surface area contributed by atoms with E-state index in [9.17, 15) is 28.1 Å². The molecular weight excluding hydrogens is 643 g/mol. The Hall–Kier alpha value is -3.87. The Balaban J connectivity index is 2.17. The molecule has 0 fully saturated rings. The molecule has 14 heteroatoms. The van der Waals surface area contributed by atoms with Crippen molar-refractivity contribution in [2.75, 3.05) is 24.5 Å². The Morgan fingerprint density at radius 3 is 2.24 bits per heavy atom. The van der Waals surface area contributed by atoms with E-state index in [4.69, 9.17) is 27.9 Å². The van der Waals surface area contributed by atoms with Crippen LogP contribution in [0.25, 0.3) is 0 Å². The van der Waals surface area contributed by atoms with E-state index < -0.39 is 49.9 Å². The number of nitrogens with zero attached hydrogens (tertiary/aromatic N) is 3. The average Bonchev–Trinajstić information content (AvgIpc) is 2.99. The van der Waals surface area contributed by atoms with Gasteiger partial charge in [0, 0.05) is 34.8 Å². The van der Waals surface area contributed by atoms with Crippen LogP contribution in [0.2, 0.25) is 10.0 Å². The lowest BCUT2D eigenvalue weighted by atomic mass is 10.1. The Labute approximate surface area is 273 Å². The molecule has 0 heterocycles. The molecule has 0 aliphatic carbocycles. The molecular formula is C31H36Cl2N4O7S. The standard InChI is InChI=1S/C31H36Cl2N4O7S/c1-6-26(31(39)34-17-20(2)3)35(18-22-8-10-23(32)11-9-22)30(38)19-36(28-15-24(33)12-14-29(28)44-5)45(42,43)25-13-7-21(4)27(16-25)37(40)41/h7-16,20,26H,6,17-19H2,1-5H3,(H,34,39). The highest BCUT2D eigenvalue weighted by Gasteiger charge is 2.35. The van der Waals surface area contributed by atoms with Crippen LogP contribution in [0.5, 0.6) is 5.75 Å². The molecule has 0 radical (unpaired) electrons. The van der Waals surface area contributed by atoms with E-state index in [0.717, 1.165) is 10.4 Å². The fourth-order valence-electron chi connectivity index (χ4n) is 4.57. The molecule has 0 aliphatic rings. The average molecular weight is 680 g/mol. The van der Waals surface area contributed by atoms with E-state index in [1.807, 2.05) is 13.8 Å². The molecule has 1 unspecified atom stereocenters. The normalized spacial score (nSPS) is 12.0. The van der Waals surface area contributed by atoms with Crippen LogP contribution in [-0.2, 0) is 26.2 Å². The number of carbonyl (C=O) groups is 2.